The Bertz CT molecular complexity index is 1760. The molecule has 1 aliphatic carbocycles. The summed E-state index contributed by atoms with van der Waals surface area (Å²) in [5, 5.41) is 7.72. The van der Waals surface area contributed by atoms with Crippen LogP contribution in [0.4, 0.5) is 4.79 Å². The normalized spacial score (nSPS) is 26.4. The number of rotatable bonds is 6. The molecule has 2 aliphatic heterocycles. The van der Waals surface area contributed by atoms with Crippen LogP contribution in [0.25, 0.3) is 21.6 Å². The molecule has 3 aromatic rings. The third kappa shape index (κ3) is 7.93. The van der Waals surface area contributed by atoms with E-state index in [4.69, 9.17) is 24.2 Å². The van der Waals surface area contributed by atoms with Gasteiger partial charge in [-0.25, -0.2) is 19.6 Å². The summed E-state index contributed by atoms with van der Waals surface area (Å²) >= 11 is 1.50. The van der Waals surface area contributed by atoms with Crippen molar-refractivity contribution >= 4 is 46.2 Å². The van der Waals surface area contributed by atoms with Gasteiger partial charge in [-0.3, -0.25) is 9.59 Å². The number of para-hydroxylation sites is 2. The van der Waals surface area contributed by atoms with Crippen molar-refractivity contribution in [3.05, 3.63) is 53.9 Å². The monoisotopic (exact) mass is 703 g/mol. The zero-order chi connectivity index (χ0) is 35.5. The van der Waals surface area contributed by atoms with E-state index in [0.717, 1.165) is 24.1 Å². The second-order valence-corrected chi connectivity index (χ2v) is 15.0. The number of aromatic nitrogens is 2. The summed E-state index contributed by atoms with van der Waals surface area (Å²) in [6.07, 6.45) is 6.76. The zero-order valence-corrected chi connectivity index (χ0v) is 29.8. The van der Waals surface area contributed by atoms with Gasteiger partial charge in [-0.2, -0.15) is 0 Å². The van der Waals surface area contributed by atoms with Gasteiger partial charge in [-0.05, 0) is 77.0 Å². The molecule has 2 fully saturated rings. The Labute approximate surface area is 296 Å². The molecule has 50 heavy (non-hydrogen) atoms. The van der Waals surface area contributed by atoms with Crippen LogP contribution >= 0.6 is 11.3 Å². The molecule has 3 aliphatic rings. The molecule has 13 heteroatoms. The van der Waals surface area contributed by atoms with Crippen molar-refractivity contribution in [1.29, 1.82) is 0 Å². The minimum Gasteiger partial charge on any atom is -0.471 e. The van der Waals surface area contributed by atoms with Crippen LogP contribution < -0.4 is 15.4 Å². The maximum absolute atomic E-state index is 14.4. The molecule has 0 radical (unpaired) electrons. The Morgan fingerprint density at radius 3 is 2.58 bits per heavy atom. The minimum atomic E-state index is -1.21. The Balaban J connectivity index is 1.33. The summed E-state index contributed by atoms with van der Waals surface area (Å²) in [5.74, 6) is -1.31. The maximum Gasteiger partial charge on any atom is 0.408 e. The summed E-state index contributed by atoms with van der Waals surface area (Å²) < 4.78 is 17.5. The van der Waals surface area contributed by atoms with Crippen LogP contribution in [0.2, 0.25) is 0 Å². The average Bonchev–Trinajstić information content (AvgIpc) is 3.38. The number of ether oxygens (including phenoxy) is 3. The SMILES string of the molecule is CCOC(=O)[C@@]12C[C@H]1/C=C\CCCCC[C@@H](NC(=O)OC(C)(C)C)C(=O)N1C[C@H](Oc3nc4ccccc4nc3-c3cccs3)C[C@H]1C(=O)N2. The highest BCUT2D eigenvalue weighted by molar-refractivity contribution is 7.13. The molecule has 1 saturated carbocycles. The average molecular weight is 704 g/mol. The van der Waals surface area contributed by atoms with Crippen molar-refractivity contribution in [3.63, 3.8) is 0 Å². The summed E-state index contributed by atoms with van der Waals surface area (Å²) in [6, 6.07) is 9.44. The summed E-state index contributed by atoms with van der Waals surface area (Å²) in [4.78, 5) is 66.9. The molecular formula is C37H45N5O7S. The molecule has 266 valence electrons. The third-order valence-electron chi connectivity index (χ3n) is 9.14. The first-order valence-electron chi connectivity index (χ1n) is 17.4. The molecule has 1 saturated heterocycles. The number of hydrogen-bond acceptors (Lipinski definition) is 10. The predicted octanol–water partition coefficient (Wildman–Crippen LogP) is 5.56. The number of thiophene rings is 1. The number of benzene rings is 1. The second kappa shape index (κ2) is 14.8. The van der Waals surface area contributed by atoms with Crippen LogP contribution in [-0.2, 0) is 23.9 Å². The maximum atomic E-state index is 14.4. The number of fused-ring (bicyclic) bond motifs is 3. The summed E-state index contributed by atoms with van der Waals surface area (Å²) in [6.45, 7) is 7.22. The number of allylic oxidation sites excluding steroid dienone is 1. The topological polar surface area (TPSA) is 149 Å². The van der Waals surface area contributed by atoms with Crippen LogP contribution in [0.1, 0.15) is 72.6 Å². The van der Waals surface area contributed by atoms with Gasteiger partial charge in [-0.15, -0.1) is 11.3 Å². The molecule has 1 aromatic carbocycles. The Morgan fingerprint density at radius 1 is 1.08 bits per heavy atom. The van der Waals surface area contributed by atoms with Gasteiger partial charge < -0.3 is 29.7 Å². The van der Waals surface area contributed by atoms with Gasteiger partial charge in [0.2, 0.25) is 17.7 Å². The quantitative estimate of drug-likeness (QED) is 0.249. The van der Waals surface area contributed by atoms with E-state index >= 15 is 0 Å². The predicted molar refractivity (Wildman–Crippen MR) is 188 cm³/mol. The molecule has 0 spiro atoms. The first-order valence-corrected chi connectivity index (χ1v) is 18.3. The molecule has 0 unspecified atom stereocenters. The lowest BCUT2D eigenvalue weighted by Gasteiger charge is -2.30. The van der Waals surface area contributed by atoms with Crippen LogP contribution in [0.5, 0.6) is 5.88 Å². The second-order valence-electron chi connectivity index (χ2n) is 14.1. The largest absolute Gasteiger partial charge is 0.471 e. The Morgan fingerprint density at radius 2 is 1.86 bits per heavy atom. The van der Waals surface area contributed by atoms with Gasteiger partial charge in [0.1, 0.15) is 35.0 Å². The van der Waals surface area contributed by atoms with E-state index in [1.807, 2.05) is 53.9 Å². The van der Waals surface area contributed by atoms with Crippen molar-refractivity contribution in [3.8, 4) is 16.5 Å². The number of hydrogen-bond donors (Lipinski definition) is 2. The van der Waals surface area contributed by atoms with Gasteiger partial charge in [0.25, 0.3) is 0 Å². The standard InChI is InChI=1S/C37H45N5O7S/c1-5-47-34(45)37-21-23(37)14-9-7-6-8-10-17-27(40-35(46)49-36(2,3)4)33(44)42-22-24(20-28(42)31(43)41-37)48-32-30(29-18-13-19-50-29)38-25-15-11-12-16-26(25)39-32/h9,11-16,18-19,23-24,27-28H,5-8,10,17,20-22H2,1-4H3,(H,40,46)(H,41,43)/b14-9-/t23-,24-,27-,28+,37-/m1/s1. The fourth-order valence-electron chi connectivity index (χ4n) is 6.64. The first-order chi connectivity index (χ1) is 24.0. The first kappa shape index (κ1) is 35.3. The van der Waals surface area contributed by atoms with Crippen molar-refractivity contribution < 1.29 is 33.4 Å². The van der Waals surface area contributed by atoms with E-state index in [-0.39, 0.29) is 25.5 Å². The Hall–Kier alpha value is -4.52. The molecule has 6 rings (SSSR count). The lowest BCUT2D eigenvalue weighted by molar-refractivity contribution is -0.150. The van der Waals surface area contributed by atoms with Crippen LogP contribution in [0.15, 0.2) is 53.9 Å². The van der Waals surface area contributed by atoms with Crippen molar-refractivity contribution in [2.75, 3.05) is 13.2 Å². The Kier molecular flexibility index (Phi) is 10.4. The van der Waals surface area contributed by atoms with Crippen LogP contribution in [-0.4, -0.2) is 81.2 Å². The number of nitrogens with zero attached hydrogens (tertiary/aromatic N) is 3. The van der Waals surface area contributed by atoms with E-state index in [9.17, 15) is 19.2 Å². The number of amides is 3. The number of nitrogens with one attached hydrogen (secondary N) is 2. The smallest absolute Gasteiger partial charge is 0.408 e. The zero-order valence-electron chi connectivity index (χ0n) is 29.0. The van der Waals surface area contributed by atoms with Crippen molar-refractivity contribution in [2.24, 2.45) is 5.92 Å². The molecule has 12 nitrogen and oxygen atoms in total. The number of carbonyl (C=O) groups excluding carboxylic acids is 4. The van der Waals surface area contributed by atoms with E-state index < -0.39 is 53.2 Å². The van der Waals surface area contributed by atoms with Gasteiger partial charge >= 0.3 is 12.1 Å². The highest BCUT2D eigenvalue weighted by atomic mass is 32.1. The van der Waals surface area contributed by atoms with Gasteiger partial charge in [0.05, 0.1) is 29.1 Å². The number of esters is 1. The van der Waals surface area contributed by atoms with Gasteiger partial charge in [-0.1, -0.05) is 43.2 Å². The van der Waals surface area contributed by atoms with E-state index in [1.54, 1.807) is 27.7 Å². The minimum absolute atomic E-state index is 0.0531. The highest BCUT2D eigenvalue weighted by Crippen LogP contribution is 2.46. The van der Waals surface area contributed by atoms with Crippen LogP contribution in [0.3, 0.4) is 0 Å². The van der Waals surface area contributed by atoms with E-state index in [2.05, 4.69) is 10.6 Å². The van der Waals surface area contributed by atoms with Crippen molar-refractivity contribution in [2.45, 2.75) is 102 Å². The lowest BCUT2D eigenvalue weighted by atomic mass is 10.0. The van der Waals surface area contributed by atoms with E-state index in [0.29, 0.717) is 41.9 Å². The van der Waals surface area contributed by atoms with Crippen molar-refractivity contribution in [1.82, 2.24) is 25.5 Å². The molecular weight excluding hydrogens is 659 g/mol. The third-order valence-corrected chi connectivity index (χ3v) is 10.0. The molecule has 5 atom stereocenters. The van der Waals surface area contributed by atoms with Crippen LogP contribution in [0, 0.1) is 5.92 Å². The fraction of sp³-hybridized carbons (Fsp3) is 0.514. The van der Waals surface area contributed by atoms with E-state index in [1.165, 1.54) is 16.2 Å². The molecule has 0 bridgehead atoms. The molecule has 2 N–H and O–H groups in total. The van der Waals surface area contributed by atoms with Gasteiger partial charge in [0, 0.05) is 12.3 Å². The summed E-state index contributed by atoms with van der Waals surface area (Å²) in [7, 11) is 0. The summed E-state index contributed by atoms with van der Waals surface area (Å²) in [5.41, 5.74) is -0.0443. The van der Waals surface area contributed by atoms with Gasteiger partial charge in [0.15, 0.2) is 0 Å². The number of alkyl carbamates (subject to hydrolysis) is 1. The lowest BCUT2D eigenvalue weighted by Crippen LogP contribution is -2.56. The fourth-order valence-corrected chi connectivity index (χ4v) is 7.35. The number of carbonyl (C=O) groups is 4. The molecule has 4 heterocycles. The molecule has 2 aromatic heterocycles. The highest BCUT2D eigenvalue weighted by Gasteiger charge is 2.62. The molecule has 3 amide bonds.